The molecule has 1 rings (SSSR count). The van der Waals surface area contributed by atoms with E-state index in [1.165, 1.54) is 13.2 Å². The monoisotopic (exact) mass is 364 g/mol. The van der Waals surface area contributed by atoms with Crippen molar-refractivity contribution in [1.82, 2.24) is 9.80 Å². The molecule has 0 aliphatic heterocycles. The zero-order valence-corrected chi connectivity index (χ0v) is 16.2. The van der Waals surface area contributed by atoms with Crippen molar-refractivity contribution in [3.05, 3.63) is 29.8 Å². The van der Waals surface area contributed by atoms with Crippen LogP contribution in [-0.4, -0.2) is 76.7 Å². The predicted molar refractivity (Wildman–Crippen MR) is 100 cm³/mol. The van der Waals surface area contributed by atoms with Gasteiger partial charge >= 0.3 is 5.97 Å². The van der Waals surface area contributed by atoms with Gasteiger partial charge in [-0.15, -0.1) is 0 Å². The van der Waals surface area contributed by atoms with E-state index in [0.29, 0.717) is 31.1 Å². The van der Waals surface area contributed by atoms with E-state index in [1.807, 2.05) is 25.1 Å². The van der Waals surface area contributed by atoms with Gasteiger partial charge in [-0.05, 0) is 37.9 Å². The minimum absolute atomic E-state index is 0.162. The maximum atomic E-state index is 12.5. The molecule has 0 bridgehead atoms. The van der Waals surface area contributed by atoms with Gasteiger partial charge in [0.1, 0.15) is 0 Å². The SMILES string of the molecule is COC(=O)CCN(CCN(C)C)C(=O)/C=C/c1ccc(OC)c(OC)c1. The number of amides is 1. The third-order valence-corrected chi connectivity index (χ3v) is 3.77. The summed E-state index contributed by atoms with van der Waals surface area (Å²) in [4.78, 5) is 27.5. The van der Waals surface area contributed by atoms with Crippen LogP contribution >= 0.6 is 0 Å². The van der Waals surface area contributed by atoms with Gasteiger partial charge in [-0.1, -0.05) is 6.07 Å². The van der Waals surface area contributed by atoms with Gasteiger partial charge in [-0.3, -0.25) is 9.59 Å². The highest BCUT2D eigenvalue weighted by atomic mass is 16.5. The molecule has 0 saturated carbocycles. The Morgan fingerprint density at radius 2 is 1.69 bits per heavy atom. The number of nitrogens with zero attached hydrogens (tertiary/aromatic N) is 2. The summed E-state index contributed by atoms with van der Waals surface area (Å²) in [5, 5.41) is 0. The lowest BCUT2D eigenvalue weighted by Gasteiger charge is -2.22. The van der Waals surface area contributed by atoms with Crippen LogP contribution in [-0.2, 0) is 14.3 Å². The number of likely N-dealkylation sites (N-methyl/N-ethyl adjacent to an activating group) is 1. The van der Waals surface area contributed by atoms with E-state index in [4.69, 9.17) is 9.47 Å². The number of methoxy groups -OCH3 is 3. The van der Waals surface area contributed by atoms with Crippen LogP contribution < -0.4 is 9.47 Å². The molecule has 0 radical (unpaired) electrons. The Hall–Kier alpha value is -2.54. The Kier molecular flexibility index (Phi) is 9.22. The van der Waals surface area contributed by atoms with E-state index in [9.17, 15) is 9.59 Å². The summed E-state index contributed by atoms with van der Waals surface area (Å²) in [5.41, 5.74) is 0.816. The van der Waals surface area contributed by atoms with E-state index in [0.717, 1.165) is 5.56 Å². The lowest BCUT2D eigenvalue weighted by atomic mass is 10.2. The number of hydrogen-bond donors (Lipinski definition) is 0. The third kappa shape index (κ3) is 7.14. The first-order valence-corrected chi connectivity index (χ1v) is 8.31. The molecular formula is C19H28N2O5. The fourth-order valence-electron chi connectivity index (χ4n) is 2.21. The Bertz CT molecular complexity index is 628. The zero-order valence-electron chi connectivity index (χ0n) is 16.2. The fraction of sp³-hybridized carbons (Fsp3) is 0.474. The third-order valence-electron chi connectivity index (χ3n) is 3.77. The average molecular weight is 364 g/mol. The van der Waals surface area contributed by atoms with Crippen LogP contribution in [0.3, 0.4) is 0 Å². The van der Waals surface area contributed by atoms with Crippen LogP contribution in [0.2, 0.25) is 0 Å². The van der Waals surface area contributed by atoms with Gasteiger partial charge in [0, 0.05) is 25.7 Å². The molecule has 0 aliphatic carbocycles. The van der Waals surface area contributed by atoms with Gasteiger partial charge in [0.25, 0.3) is 0 Å². The molecule has 0 aliphatic rings. The molecule has 1 aromatic rings. The number of rotatable bonds is 10. The van der Waals surface area contributed by atoms with Crippen molar-refractivity contribution in [2.24, 2.45) is 0 Å². The van der Waals surface area contributed by atoms with Crippen molar-refractivity contribution in [2.45, 2.75) is 6.42 Å². The van der Waals surface area contributed by atoms with Crippen LogP contribution in [0.1, 0.15) is 12.0 Å². The van der Waals surface area contributed by atoms with Crippen molar-refractivity contribution in [1.29, 1.82) is 0 Å². The number of carbonyl (C=O) groups is 2. The van der Waals surface area contributed by atoms with Gasteiger partial charge in [-0.25, -0.2) is 0 Å². The van der Waals surface area contributed by atoms with Crippen molar-refractivity contribution >= 4 is 18.0 Å². The first-order valence-electron chi connectivity index (χ1n) is 8.31. The number of esters is 1. The summed E-state index contributed by atoms with van der Waals surface area (Å²) in [5.74, 6) is 0.723. The van der Waals surface area contributed by atoms with Gasteiger partial charge in [-0.2, -0.15) is 0 Å². The quantitative estimate of drug-likeness (QED) is 0.465. The number of carbonyl (C=O) groups excluding carboxylic acids is 2. The Morgan fingerprint density at radius 3 is 2.27 bits per heavy atom. The number of ether oxygens (including phenoxy) is 3. The number of benzene rings is 1. The second-order valence-electron chi connectivity index (χ2n) is 5.90. The van der Waals surface area contributed by atoms with E-state index >= 15 is 0 Å². The highest BCUT2D eigenvalue weighted by Crippen LogP contribution is 2.27. The molecule has 0 aromatic heterocycles. The van der Waals surface area contributed by atoms with E-state index in [-0.39, 0.29) is 18.3 Å². The van der Waals surface area contributed by atoms with Gasteiger partial charge < -0.3 is 24.0 Å². The molecule has 144 valence electrons. The normalized spacial score (nSPS) is 10.8. The fourth-order valence-corrected chi connectivity index (χ4v) is 2.21. The van der Waals surface area contributed by atoms with E-state index in [2.05, 4.69) is 4.74 Å². The molecule has 0 spiro atoms. The summed E-state index contributed by atoms with van der Waals surface area (Å²) in [6.07, 6.45) is 3.37. The number of hydrogen-bond acceptors (Lipinski definition) is 6. The van der Waals surface area contributed by atoms with Crippen LogP contribution in [0.15, 0.2) is 24.3 Å². The summed E-state index contributed by atoms with van der Waals surface area (Å²) in [6.45, 7) is 1.55. The summed E-state index contributed by atoms with van der Waals surface area (Å²) in [6, 6.07) is 5.41. The summed E-state index contributed by atoms with van der Waals surface area (Å²) < 4.78 is 15.1. The van der Waals surface area contributed by atoms with Crippen LogP contribution in [0.4, 0.5) is 0 Å². The Labute approximate surface area is 155 Å². The minimum atomic E-state index is -0.337. The average Bonchev–Trinajstić information content (AvgIpc) is 2.65. The second-order valence-corrected chi connectivity index (χ2v) is 5.90. The Morgan fingerprint density at radius 1 is 1.00 bits per heavy atom. The molecule has 7 nitrogen and oxygen atoms in total. The van der Waals surface area contributed by atoms with Gasteiger partial charge in [0.15, 0.2) is 11.5 Å². The summed E-state index contributed by atoms with van der Waals surface area (Å²) in [7, 11) is 8.34. The minimum Gasteiger partial charge on any atom is -0.493 e. The topological polar surface area (TPSA) is 68.3 Å². The molecule has 0 fully saturated rings. The lowest BCUT2D eigenvalue weighted by Crippen LogP contribution is -2.37. The molecule has 0 heterocycles. The second kappa shape index (κ2) is 11.1. The van der Waals surface area contributed by atoms with Crippen LogP contribution in [0, 0.1) is 0 Å². The molecule has 0 N–H and O–H groups in total. The van der Waals surface area contributed by atoms with Crippen molar-refractivity contribution in [3.63, 3.8) is 0 Å². The molecule has 1 amide bonds. The molecule has 0 unspecified atom stereocenters. The maximum absolute atomic E-state index is 12.5. The largest absolute Gasteiger partial charge is 0.493 e. The zero-order chi connectivity index (χ0) is 19.5. The van der Waals surface area contributed by atoms with Crippen molar-refractivity contribution in [3.8, 4) is 11.5 Å². The first kappa shape index (κ1) is 21.5. The van der Waals surface area contributed by atoms with E-state index < -0.39 is 0 Å². The van der Waals surface area contributed by atoms with Crippen molar-refractivity contribution in [2.75, 3.05) is 55.1 Å². The first-order chi connectivity index (χ1) is 12.4. The van der Waals surface area contributed by atoms with Crippen LogP contribution in [0.25, 0.3) is 6.08 Å². The highest BCUT2D eigenvalue weighted by Gasteiger charge is 2.13. The highest BCUT2D eigenvalue weighted by molar-refractivity contribution is 5.92. The Balaban J connectivity index is 2.82. The molecule has 26 heavy (non-hydrogen) atoms. The molecule has 7 heteroatoms. The van der Waals surface area contributed by atoms with Gasteiger partial charge in [0.2, 0.25) is 5.91 Å². The van der Waals surface area contributed by atoms with Crippen molar-refractivity contribution < 1.29 is 23.8 Å². The predicted octanol–water partition coefficient (Wildman–Crippen LogP) is 1.67. The standard InChI is InChI=1S/C19H28N2O5/c1-20(2)12-13-21(11-10-19(23)26-5)18(22)9-7-15-6-8-16(24-3)17(14-15)25-4/h6-9,14H,10-13H2,1-5H3/b9-7+. The molecule has 1 aromatic carbocycles. The summed E-state index contributed by atoms with van der Waals surface area (Å²) >= 11 is 0. The van der Waals surface area contributed by atoms with E-state index in [1.54, 1.807) is 37.3 Å². The van der Waals surface area contributed by atoms with Gasteiger partial charge in [0.05, 0.1) is 27.8 Å². The molecular weight excluding hydrogens is 336 g/mol. The maximum Gasteiger partial charge on any atom is 0.307 e. The smallest absolute Gasteiger partial charge is 0.307 e. The van der Waals surface area contributed by atoms with Crippen LogP contribution in [0.5, 0.6) is 11.5 Å². The molecule has 0 saturated heterocycles. The lowest BCUT2D eigenvalue weighted by molar-refractivity contribution is -0.141. The molecule has 0 atom stereocenters.